The first kappa shape index (κ1) is 12.7. The molecule has 1 aromatic heterocycles. The van der Waals surface area contributed by atoms with Crippen LogP contribution in [0, 0.1) is 17.8 Å². The molecule has 0 saturated heterocycles. The third-order valence-electron chi connectivity index (χ3n) is 3.96. The maximum Gasteiger partial charge on any atom is 0.120 e. The monoisotopic (exact) mass is 235 g/mol. The van der Waals surface area contributed by atoms with Crippen LogP contribution in [0.4, 0.5) is 0 Å². The summed E-state index contributed by atoms with van der Waals surface area (Å²) in [4.78, 5) is 0. The van der Waals surface area contributed by atoms with Crippen molar-refractivity contribution in [2.45, 2.75) is 46.1 Å². The minimum Gasteiger partial charge on any atom is -0.468 e. The highest BCUT2D eigenvalue weighted by Crippen LogP contribution is 2.39. The van der Waals surface area contributed by atoms with Gasteiger partial charge in [0.2, 0.25) is 0 Å². The van der Waals surface area contributed by atoms with Gasteiger partial charge in [0.1, 0.15) is 5.76 Å². The van der Waals surface area contributed by atoms with Crippen molar-refractivity contribution < 1.29 is 4.42 Å². The molecule has 0 amide bonds. The van der Waals surface area contributed by atoms with Crippen LogP contribution in [0.25, 0.3) is 0 Å². The molecular weight excluding hydrogens is 210 g/mol. The lowest BCUT2D eigenvalue weighted by Gasteiger charge is -2.36. The van der Waals surface area contributed by atoms with E-state index in [-0.39, 0.29) is 0 Å². The molecule has 0 spiro atoms. The Kier molecular flexibility index (Phi) is 4.27. The van der Waals surface area contributed by atoms with E-state index >= 15 is 0 Å². The predicted octanol–water partition coefficient (Wildman–Crippen LogP) is 4.00. The second-order valence-electron chi connectivity index (χ2n) is 5.73. The first-order chi connectivity index (χ1) is 8.20. The van der Waals surface area contributed by atoms with E-state index in [1.54, 1.807) is 6.26 Å². The van der Waals surface area contributed by atoms with E-state index in [0.29, 0.717) is 6.04 Å². The molecule has 3 atom stereocenters. The Bertz CT molecular complexity index is 310. The Balaban J connectivity index is 2.10. The van der Waals surface area contributed by atoms with Gasteiger partial charge in [0.05, 0.1) is 12.3 Å². The fourth-order valence-electron chi connectivity index (χ4n) is 3.47. The fourth-order valence-corrected chi connectivity index (χ4v) is 3.47. The van der Waals surface area contributed by atoms with Crippen molar-refractivity contribution in [1.82, 2.24) is 5.32 Å². The van der Waals surface area contributed by atoms with Gasteiger partial charge in [-0.1, -0.05) is 20.8 Å². The molecule has 0 radical (unpaired) electrons. The second-order valence-corrected chi connectivity index (χ2v) is 5.73. The molecule has 96 valence electrons. The van der Waals surface area contributed by atoms with Crippen LogP contribution in [0.5, 0.6) is 0 Å². The van der Waals surface area contributed by atoms with Crippen LogP contribution in [0.2, 0.25) is 0 Å². The maximum absolute atomic E-state index is 5.61. The summed E-state index contributed by atoms with van der Waals surface area (Å²) in [5, 5.41) is 3.60. The number of hydrogen-bond acceptors (Lipinski definition) is 2. The highest BCUT2D eigenvalue weighted by Gasteiger charge is 2.31. The van der Waals surface area contributed by atoms with Gasteiger partial charge in [0.15, 0.2) is 0 Å². The minimum atomic E-state index is 0.403. The zero-order valence-electron chi connectivity index (χ0n) is 11.3. The third-order valence-corrected chi connectivity index (χ3v) is 3.96. The Morgan fingerprint density at radius 2 is 2.00 bits per heavy atom. The summed E-state index contributed by atoms with van der Waals surface area (Å²) in [6.07, 6.45) is 5.81. The summed E-state index contributed by atoms with van der Waals surface area (Å²) >= 11 is 0. The third kappa shape index (κ3) is 3.12. The Hall–Kier alpha value is -0.760. The lowest BCUT2D eigenvalue weighted by atomic mass is 9.73. The molecule has 2 rings (SSSR count). The molecule has 1 heterocycles. The van der Waals surface area contributed by atoms with Crippen molar-refractivity contribution in [3.05, 3.63) is 24.2 Å². The molecule has 1 aliphatic carbocycles. The molecule has 0 aromatic carbocycles. The predicted molar refractivity (Wildman–Crippen MR) is 70.8 cm³/mol. The average Bonchev–Trinajstić information content (AvgIpc) is 2.77. The van der Waals surface area contributed by atoms with Gasteiger partial charge in [-0.15, -0.1) is 0 Å². The lowest BCUT2D eigenvalue weighted by Crippen LogP contribution is -2.33. The molecule has 3 unspecified atom stereocenters. The summed E-state index contributed by atoms with van der Waals surface area (Å²) in [7, 11) is 0. The molecule has 2 nitrogen and oxygen atoms in total. The molecule has 2 heteroatoms. The van der Waals surface area contributed by atoms with Crippen LogP contribution in [-0.2, 0) is 0 Å². The zero-order valence-corrected chi connectivity index (χ0v) is 11.3. The average molecular weight is 235 g/mol. The summed E-state index contributed by atoms with van der Waals surface area (Å²) in [5.74, 6) is 3.53. The van der Waals surface area contributed by atoms with Crippen LogP contribution in [-0.4, -0.2) is 6.54 Å². The van der Waals surface area contributed by atoms with Crippen LogP contribution < -0.4 is 5.32 Å². The summed E-state index contributed by atoms with van der Waals surface area (Å²) in [6, 6.07) is 4.51. The van der Waals surface area contributed by atoms with Gasteiger partial charge in [-0.25, -0.2) is 0 Å². The number of nitrogens with one attached hydrogen (secondary N) is 1. The van der Waals surface area contributed by atoms with Gasteiger partial charge < -0.3 is 9.73 Å². The largest absolute Gasteiger partial charge is 0.468 e. The molecule has 1 saturated carbocycles. The van der Waals surface area contributed by atoms with Crippen molar-refractivity contribution in [3.8, 4) is 0 Å². The summed E-state index contributed by atoms with van der Waals surface area (Å²) in [6.45, 7) is 7.94. The first-order valence-corrected chi connectivity index (χ1v) is 6.97. The van der Waals surface area contributed by atoms with Crippen LogP contribution in [0.1, 0.15) is 51.8 Å². The van der Waals surface area contributed by atoms with Gasteiger partial charge in [-0.05, 0) is 55.7 Å². The molecule has 0 bridgehead atoms. The van der Waals surface area contributed by atoms with Gasteiger partial charge in [-0.3, -0.25) is 0 Å². The Morgan fingerprint density at radius 1 is 1.29 bits per heavy atom. The molecule has 0 aliphatic heterocycles. The Morgan fingerprint density at radius 3 is 2.53 bits per heavy atom. The van der Waals surface area contributed by atoms with Crippen LogP contribution in [0.15, 0.2) is 22.8 Å². The maximum atomic E-state index is 5.61. The van der Waals surface area contributed by atoms with Gasteiger partial charge in [0, 0.05) is 0 Å². The van der Waals surface area contributed by atoms with Gasteiger partial charge in [0.25, 0.3) is 0 Å². The fraction of sp³-hybridized carbons (Fsp3) is 0.733. The highest BCUT2D eigenvalue weighted by molar-refractivity contribution is 5.06. The molecule has 17 heavy (non-hydrogen) atoms. The van der Waals surface area contributed by atoms with Gasteiger partial charge in [-0.2, -0.15) is 0 Å². The quantitative estimate of drug-likeness (QED) is 0.853. The standard InChI is InChI=1S/C15H25NO/c1-4-16-15(14-6-5-7-17-14)13-9-11(2)8-12(3)10-13/h5-7,11-13,15-16H,4,8-10H2,1-3H3. The molecule has 1 N–H and O–H groups in total. The molecule has 1 aromatic rings. The Labute approximate surface area is 105 Å². The van der Waals surface area contributed by atoms with E-state index in [1.807, 2.05) is 6.07 Å². The topological polar surface area (TPSA) is 25.2 Å². The van der Waals surface area contributed by atoms with Crippen molar-refractivity contribution >= 4 is 0 Å². The minimum absolute atomic E-state index is 0.403. The van der Waals surface area contributed by atoms with Gasteiger partial charge >= 0.3 is 0 Å². The van der Waals surface area contributed by atoms with Crippen molar-refractivity contribution in [1.29, 1.82) is 0 Å². The molecule has 1 fully saturated rings. The first-order valence-electron chi connectivity index (χ1n) is 6.97. The molecular formula is C15H25NO. The van der Waals surface area contributed by atoms with Crippen LogP contribution in [0.3, 0.4) is 0 Å². The van der Waals surface area contributed by atoms with Crippen molar-refractivity contribution in [2.24, 2.45) is 17.8 Å². The zero-order chi connectivity index (χ0) is 12.3. The van der Waals surface area contributed by atoms with Crippen LogP contribution >= 0.6 is 0 Å². The number of hydrogen-bond donors (Lipinski definition) is 1. The smallest absolute Gasteiger partial charge is 0.120 e. The summed E-state index contributed by atoms with van der Waals surface area (Å²) in [5.41, 5.74) is 0. The summed E-state index contributed by atoms with van der Waals surface area (Å²) < 4.78 is 5.61. The van der Waals surface area contributed by atoms with E-state index in [9.17, 15) is 0 Å². The lowest BCUT2D eigenvalue weighted by molar-refractivity contribution is 0.165. The highest BCUT2D eigenvalue weighted by atomic mass is 16.3. The van der Waals surface area contributed by atoms with E-state index in [4.69, 9.17) is 4.42 Å². The van der Waals surface area contributed by atoms with Crippen molar-refractivity contribution in [2.75, 3.05) is 6.54 Å². The van der Waals surface area contributed by atoms with Crippen molar-refractivity contribution in [3.63, 3.8) is 0 Å². The second kappa shape index (κ2) is 5.72. The number of furan rings is 1. The van der Waals surface area contributed by atoms with E-state index in [2.05, 4.69) is 32.2 Å². The molecule has 1 aliphatic rings. The SMILES string of the molecule is CCNC(c1ccco1)C1CC(C)CC(C)C1. The normalized spacial score (nSPS) is 31.4. The number of rotatable bonds is 4. The van der Waals surface area contributed by atoms with E-state index in [0.717, 1.165) is 30.1 Å². The van der Waals surface area contributed by atoms with E-state index < -0.39 is 0 Å². The van der Waals surface area contributed by atoms with E-state index in [1.165, 1.54) is 19.3 Å².